The summed E-state index contributed by atoms with van der Waals surface area (Å²) in [7, 11) is 0. The van der Waals surface area contributed by atoms with Crippen LogP contribution in [0.5, 0.6) is 0 Å². The number of halogens is 1. The van der Waals surface area contributed by atoms with Gasteiger partial charge in [0.2, 0.25) is 0 Å². The molecule has 0 aliphatic carbocycles. The first-order chi connectivity index (χ1) is 6.61. The van der Waals surface area contributed by atoms with Crippen LogP contribution in [0, 0.1) is 0 Å². The molecule has 1 aromatic heterocycles. The summed E-state index contributed by atoms with van der Waals surface area (Å²) in [5.41, 5.74) is 5.39. The number of hydrogen-bond donors (Lipinski definition) is 3. The molecule has 0 fully saturated rings. The zero-order chi connectivity index (χ0) is 10.6. The van der Waals surface area contributed by atoms with Crippen molar-refractivity contribution in [3.8, 4) is 0 Å². The molecule has 4 N–H and O–H groups in total. The van der Waals surface area contributed by atoms with Crippen LogP contribution in [-0.2, 0) is 0 Å². The molecule has 1 unspecified atom stereocenters. The fourth-order valence-corrected chi connectivity index (χ4v) is 1.28. The summed E-state index contributed by atoms with van der Waals surface area (Å²) in [5, 5.41) is 3.03. The lowest BCUT2D eigenvalue weighted by Crippen LogP contribution is -2.20. The smallest absolute Gasteiger partial charge is 0.267 e. The molecule has 0 aliphatic heterocycles. The van der Waals surface area contributed by atoms with Gasteiger partial charge in [-0.25, -0.2) is 4.98 Å². The van der Waals surface area contributed by atoms with Crippen molar-refractivity contribution >= 4 is 21.7 Å². The van der Waals surface area contributed by atoms with E-state index in [2.05, 4.69) is 31.2 Å². The van der Waals surface area contributed by atoms with E-state index in [1.807, 2.05) is 6.92 Å². The maximum atomic E-state index is 11.1. The maximum Gasteiger partial charge on any atom is 0.267 e. The molecular formula is C8H13BrN4O. The van der Waals surface area contributed by atoms with Crippen molar-refractivity contribution in [3.63, 3.8) is 0 Å². The molecule has 1 atom stereocenters. The van der Waals surface area contributed by atoms with E-state index in [0.717, 1.165) is 6.42 Å². The van der Waals surface area contributed by atoms with Crippen molar-refractivity contribution in [1.82, 2.24) is 9.97 Å². The second kappa shape index (κ2) is 5.11. The minimum Gasteiger partial charge on any atom is -0.369 e. The Morgan fingerprint density at radius 1 is 1.79 bits per heavy atom. The van der Waals surface area contributed by atoms with Gasteiger partial charge in [0.05, 0.1) is 6.33 Å². The molecule has 0 spiro atoms. The SMILES string of the molecule is CC(N)CCNc1nc[nH]c(=O)c1Br. The van der Waals surface area contributed by atoms with Gasteiger partial charge in [-0.05, 0) is 29.3 Å². The third-order valence-corrected chi connectivity index (χ3v) is 2.42. The van der Waals surface area contributed by atoms with Gasteiger partial charge in [0.15, 0.2) is 0 Å². The molecule has 0 saturated heterocycles. The van der Waals surface area contributed by atoms with Gasteiger partial charge in [0.25, 0.3) is 5.56 Å². The summed E-state index contributed by atoms with van der Waals surface area (Å²) in [6.45, 7) is 2.63. The number of hydrogen-bond acceptors (Lipinski definition) is 4. The second-order valence-electron chi connectivity index (χ2n) is 3.09. The second-order valence-corrected chi connectivity index (χ2v) is 3.88. The van der Waals surface area contributed by atoms with E-state index >= 15 is 0 Å². The molecule has 0 aliphatic rings. The Morgan fingerprint density at radius 2 is 2.50 bits per heavy atom. The standard InChI is InChI=1S/C8H13BrN4O/c1-5(10)2-3-11-7-6(9)8(14)13-4-12-7/h4-5H,2-3,10H2,1H3,(H2,11,12,13,14). The topological polar surface area (TPSA) is 83.8 Å². The third-order valence-electron chi connectivity index (χ3n) is 1.69. The number of nitrogens with one attached hydrogen (secondary N) is 2. The monoisotopic (exact) mass is 260 g/mol. The van der Waals surface area contributed by atoms with Crippen LogP contribution in [0.15, 0.2) is 15.6 Å². The normalized spacial score (nSPS) is 12.5. The van der Waals surface area contributed by atoms with Gasteiger partial charge in [-0.15, -0.1) is 0 Å². The summed E-state index contributed by atoms with van der Waals surface area (Å²) in [6.07, 6.45) is 2.20. The van der Waals surface area contributed by atoms with Gasteiger partial charge in [0.1, 0.15) is 10.3 Å². The van der Waals surface area contributed by atoms with Crippen molar-refractivity contribution in [2.75, 3.05) is 11.9 Å². The number of H-pyrrole nitrogens is 1. The van der Waals surface area contributed by atoms with Gasteiger partial charge in [0, 0.05) is 12.6 Å². The molecule has 6 heteroatoms. The van der Waals surface area contributed by atoms with Crippen molar-refractivity contribution in [3.05, 3.63) is 21.2 Å². The van der Waals surface area contributed by atoms with E-state index in [9.17, 15) is 4.79 Å². The highest BCUT2D eigenvalue weighted by molar-refractivity contribution is 9.10. The molecule has 0 radical (unpaired) electrons. The van der Waals surface area contributed by atoms with E-state index < -0.39 is 0 Å². The minimum absolute atomic E-state index is 0.142. The molecule has 1 aromatic rings. The van der Waals surface area contributed by atoms with Crippen LogP contribution in [-0.4, -0.2) is 22.6 Å². The van der Waals surface area contributed by atoms with E-state index in [1.54, 1.807) is 0 Å². The summed E-state index contributed by atoms with van der Waals surface area (Å²) in [4.78, 5) is 17.6. The minimum atomic E-state index is -0.191. The highest BCUT2D eigenvalue weighted by Crippen LogP contribution is 2.12. The molecule has 1 rings (SSSR count). The first-order valence-electron chi connectivity index (χ1n) is 4.34. The van der Waals surface area contributed by atoms with Crippen molar-refractivity contribution in [2.24, 2.45) is 5.73 Å². The summed E-state index contributed by atoms with van der Waals surface area (Å²) in [6, 6.07) is 0.142. The van der Waals surface area contributed by atoms with Crippen molar-refractivity contribution in [1.29, 1.82) is 0 Å². The lowest BCUT2D eigenvalue weighted by molar-refractivity contribution is 0.689. The predicted octanol–water partition coefficient (Wildman–Crippen LogP) is 0.682. The van der Waals surface area contributed by atoms with Crippen LogP contribution in [0.4, 0.5) is 5.82 Å². The lowest BCUT2D eigenvalue weighted by atomic mass is 10.2. The lowest BCUT2D eigenvalue weighted by Gasteiger charge is -2.07. The fourth-order valence-electron chi connectivity index (χ4n) is 0.925. The Labute approximate surface area is 90.2 Å². The highest BCUT2D eigenvalue weighted by atomic mass is 79.9. The van der Waals surface area contributed by atoms with Gasteiger partial charge in [-0.3, -0.25) is 4.79 Å². The first kappa shape index (κ1) is 11.2. The Bertz CT molecular complexity index is 349. The molecule has 14 heavy (non-hydrogen) atoms. The molecule has 78 valence electrons. The van der Waals surface area contributed by atoms with Crippen LogP contribution >= 0.6 is 15.9 Å². The zero-order valence-electron chi connectivity index (χ0n) is 7.88. The van der Waals surface area contributed by atoms with E-state index in [1.165, 1.54) is 6.33 Å². The van der Waals surface area contributed by atoms with Crippen LogP contribution in [0.3, 0.4) is 0 Å². The van der Waals surface area contributed by atoms with Crippen molar-refractivity contribution < 1.29 is 0 Å². The number of aromatic amines is 1. The number of anilines is 1. The number of rotatable bonds is 4. The molecule has 0 aromatic carbocycles. The Balaban J connectivity index is 2.59. The molecule has 5 nitrogen and oxygen atoms in total. The number of nitrogens with zero attached hydrogens (tertiary/aromatic N) is 1. The molecule has 0 saturated carbocycles. The summed E-state index contributed by atoms with van der Waals surface area (Å²) < 4.78 is 0.421. The quantitative estimate of drug-likeness (QED) is 0.744. The van der Waals surface area contributed by atoms with Gasteiger partial charge in [-0.1, -0.05) is 0 Å². The molecule has 0 bridgehead atoms. The first-order valence-corrected chi connectivity index (χ1v) is 5.13. The molecule has 1 heterocycles. The Morgan fingerprint density at radius 3 is 3.14 bits per heavy atom. The van der Waals surface area contributed by atoms with E-state index in [-0.39, 0.29) is 11.6 Å². The van der Waals surface area contributed by atoms with Crippen LogP contribution in [0.1, 0.15) is 13.3 Å². The Kier molecular flexibility index (Phi) is 4.09. The van der Waals surface area contributed by atoms with Crippen molar-refractivity contribution in [2.45, 2.75) is 19.4 Å². The number of nitrogens with two attached hydrogens (primary N) is 1. The molecular weight excluding hydrogens is 248 g/mol. The maximum absolute atomic E-state index is 11.1. The predicted molar refractivity (Wildman–Crippen MR) is 59.3 cm³/mol. The van der Waals surface area contributed by atoms with E-state index in [4.69, 9.17) is 5.73 Å². The van der Waals surface area contributed by atoms with Gasteiger partial charge < -0.3 is 16.0 Å². The van der Waals surface area contributed by atoms with Gasteiger partial charge in [-0.2, -0.15) is 0 Å². The summed E-state index contributed by atoms with van der Waals surface area (Å²) >= 11 is 3.15. The third kappa shape index (κ3) is 3.12. The van der Waals surface area contributed by atoms with Crippen LogP contribution < -0.4 is 16.6 Å². The van der Waals surface area contributed by atoms with Gasteiger partial charge >= 0.3 is 0 Å². The number of aromatic nitrogens is 2. The highest BCUT2D eigenvalue weighted by Gasteiger charge is 2.04. The largest absolute Gasteiger partial charge is 0.369 e. The zero-order valence-corrected chi connectivity index (χ0v) is 9.47. The molecule has 0 amide bonds. The average molecular weight is 261 g/mol. The average Bonchev–Trinajstić information content (AvgIpc) is 2.12. The van der Waals surface area contributed by atoms with E-state index in [0.29, 0.717) is 16.8 Å². The van der Waals surface area contributed by atoms with Crippen LogP contribution in [0.2, 0.25) is 0 Å². The summed E-state index contributed by atoms with van der Waals surface area (Å²) in [5.74, 6) is 0.550. The Hall–Kier alpha value is -0.880. The fraction of sp³-hybridized carbons (Fsp3) is 0.500. The van der Waals surface area contributed by atoms with Crippen LogP contribution in [0.25, 0.3) is 0 Å².